The first-order valence-electron chi connectivity index (χ1n) is 7.90. The van der Waals surface area contributed by atoms with Crippen LogP contribution in [0.3, 0.4) is 0 Å². The number of piperidine rings is 1. The minimum Gasteiger partial charge on any atom is -0.508 e. The van der Waals surface area contributed by atoms with Crippen molar-refractivity contribution in [3.63, 3.8) is 0 Å². The van der Waals surface area contributed by atoms with Crippen LogP contribution in [0.2, 0.25) is 0 Å². The van der Waals surface area contributed by atoms with Crippen LogP contribution in [-0.4, -0.2) is 36.2 Å². The molecule has 3 heteroatoms. The molecule has 0 aromatic heterocycles. The highest BCUT2D eigenvalue weighted by molar-refractivity contribution is 5.34. The normalized spacial score (nSPS) is 19.1. The van der Waals surface area contributed by atoms with Crippen LogP contribution < -0.4 is 5.32 Å². The summed E-state index contributed by atoms with van der Waals surface area (Å²) < 4.78 is 0. The fraction of sp³-hybridized carbons (Fsp3) is 0.647. The fourth-order valence-electron chi connectivity index (χ4n) is 2.87. The van der Waals surface area contributed by atoms with E-state index in [9.17, 15) is 5.11 Å². The van der Waals surface area contributed by atoms with Gasteiger partial charge < -0.3 is 15.3 Å². The zero-order valence-electron chi connectivity index (χ0n) is 12.8. The van der Waals surface area contributed by atoms with E-state index in [1.54, 1.807) is 6.07 Å². The van der Waals surface area contributed by atoms with Crippen molar-refractivity contribution in [1.29, 1.82) is 0 Å². The van der Waals surface area contributed by atoms with Gasteiger partial charge in [-0.1, -0.05) is 25.1 Å². The summed E-state index contributed by atoms with van der Waals surface area (Å²) in [4.78, 5) is 2.58. The van der Waals surface area contributed by atoms with Crippen LogP contribution in [0.25, 0.3) is 0 Å². The summed E-state index contributed by atoms with van der Waals surface area (Å²) in [6.45, 7) is 9.17. The van der Waals surface area contributed by atoms with Crippen LogP contribution in [0.15, 0.2) is 24.3 Å². The minimum atomic E-state index is 0.206. The third-order valence-electron chi connectivity index (χ3n) is 4.38. The van der Waals surface area contributed by atoms with E-state index in [1.807, 2.05) is 18.2 Å². The van der Waals surface area contributed by atoms with E-state index in [1.165, 1.54) is 38.9 Å². The van der Waals surface area contributed by atoms with Gasteiger partial charge >= 0.3 is 0 Å². The van der Waals surface area contributed by atoms with Gasteiger partial charge in [0.1, 0.15) is 5.75 Å². The SMILES string of the molecule is CC1CCN(CCCNC(C)c2ccccc2O)CC1. The molecule has 0 amide bonds. The maximum Gasteiger partial charge on any atom is 0.120 e. The first-order valence-corrected chi connectivity index (χ1v) is 7.90. The third kappa shape index (κ3) is 4.50. The maximum atomic E-state index is 9.82. The van der Waals surface area contributed by atoms with Crippen molar-refractivity contribution < 1.29 is 5.11 Å². The molecular weight excluding hydrogens is 248 g/mol. The predicted molar refractivity (Wildman–Crippen MR) is 84.0 cm³/mol. The highest BCUT2D eigenvalue weighted by Crippen LogP contribution is 2.23. The lowest BCUT2D eigenvalue weighted by Crippen LogP contribution is -2.35. The fourth-order valence-corrected chi connectivity index (χ4v) is 2.87. The summed E-state index contributed by atoms with van der Waals surface area (Å²) in [6, 6.07) is 7.78. The zero-order valence-corrected chi connectivity index (χ0v) is 12.8. The van der Waals surface area contributed by atoms with Crippen molar-refractivity contribution >= 4 is 0 Å². The van der Waals surface area contributed by atoms with Gasteiger partial charge in [-0.05, 0) is 64.3 Å². The van der Waals surface area contributed by atoms with E-state index in [-0.39, 0.29) is 6.04 Å². The van der Waals surface area contributed by atoms with Crippen molar-refractivity contribution in [2.45, 2.75) is 39.2 Å². The number of likely N-dealkylation sites (tertiary alicyclic amines) is 1. The standard InChI is InChI=1S/C17H28N2O/c1-14-8-12-19(13-9-14)11-5-10-18-15(2)16-6-3-4-7-17(16)20/h3-4,6-7,14-15,18,20H,5,8-13H2,1-2H3. The van der Waals surface area contributed by atoms with E-state index in [0.717, 1.165) is 18.0 Å². The van der Waals surface area contributed by atoms with E-state index in [4.69, 9.17) is 0 Å². The van der Waals surface area contributed by atoms with Crippen molar-refractivity contribution in [2.24, 2.45) is 5.92 Å². The molecule has 1 aromatic rings. The number of benzene rings is 1. The molecule has 1 fully saturated rings. The van der Waals surface area contributed by atoms with Crippen LogP contribution in [0.5, 0.6) is 5.75 Å². The number of hydrogen-bond acceptors (Lipinski definition) is 3. The molecule has 1 aliphatic rings. The molecule has 0 spiro atoms. The quantitative estimate of drug-likeness (QED) is 0.783. The number of aromatic hydroxyl groups is 1. The third-order valence-corrected chi connectivity index (χ3v) is 4.38. The smallest absolute Gasteiger partial charge is 0.120 e. The van der Waals surface area contributed by atoms with Gasteiger partial charge in [0, 0.05) is 11.6 Å². The van der Waals surface area contributed by atoms with Crippen LogP contribution in [0.1, 0.15) is 44.7 Å². The number of nitrogens with one attached hydrogen (secondary N) is 1. The Morgan fingerprint density at radius 1 is 1.30 bits per heavy atom. The number of hydrogen-bond donors (Lipinski definition) is 2. The summed E-state index contributed by atoms with van der Waals surface area (Å²) >= 11 is 0. The molecule has 1 saturated heterocycles. The van der Waals surface area contributed by atoms with E-state index >= 15 is 0 Å². The summed E-state index contributed by atoms with van der Waals surface area (Å²) in [7, 11) is 0. The highest BCUT2D eigenvalue weighted by atomic mass is 16.3. The van der Waals surface area contributed by atoms with Crippen molar-refractivity contribution in [3.8, 4) is 5.75 Å². The first-order chi connectivity index (χ1) is 9.66. The van der Waals surface area contributed by atoms with Crippen LogP contribution in [0, 0.1) is 5.92 Å². The van der Waals surface area contributed by atoms with E-state index in [2.05, 4.69) is 24.1 Å². The zero-order chi connectivity index (χ0) is 14.4. The van der Waals surface area contributed by atoms with Crippen LogP contribution in [-0.2, 0) is 0 Å². The van der Waals surface area contributed by atoms with E-state index in [0.29, 0.717) is 5.75 Å². The molecule has 1 atom stereocenters. The molecule has 0 radical (unpaired) electrons. The molecule has 2 rings (SSSR count). The predicted octanol–water partition coefficient (Wildman–Crippen LogP) is 3.16. The molecule has 2 N–H and O–H groups in total. The van der Waals surface area contributed by atoms with Gasteiger partial charge in [0.25, 0.3) is 0 Å². The van der Waals surface area contributed by atoms with Gasteiger partial charge in [-0.25, -0.2) is 0 Å². The summed E-state index contributed by atoms with van der Waals surface area (Å²) in [5.74, 6) is 1.29. The molecule has 0 bridgehead atoms. The van der Waals surface area contributed by atoms with Gasteiger partial charge in [-0.2, -0.15) is 0 Å². The molecular formula is C17H28N2O. The molecule has 1 aromatic carbocycles. The number of para-hydroxylation sites is 1. The molecule has 0 saturated carbocycles. The van der Waals surface area contributed by atoms with Gasteiger partial charge in [0.05, 0.1) is 0 Å². The summed E-state index contributed by atoms with van der Waals surface area (Å²) in [6.07, 6.45) is 3.87. The number of nitrogens with zero attached hydrogens (tertiary/aromatic N) is 1. The Morgan fingerprint density at radius 2 is 2.00 bits per heavy atom. The molecule has 1 heterocycles. The number of phenolic OH excluding ortho intramolecular Hbond substituents is 1. The molecule has 3 nitrogen and oxygen atoms in total. The average molecular weight is 276 g/mol. The molecule has 0 aliphatic carbocycles. The Morgan fingerprint density at radius 3 is 2.70 bits per heavy atom. The van der Waals surface area contributed by atoms with Crippen molar-refractivity contribution in [2.75, 3.05) is 26.2 Å². The second-order valence-electron chi connectivity index (χ2n) is 6.11. The lowest BCUT2D eigenvalue weighted by atomic mass is 9.99. The molecule has 1 unspecified atom stereocenters. The minimum absolute atomic E-state index is 0.206. The molecule has 20 heavy (non-hydrogen) atoms. The second-order valence-corrected chi connectivity index (χ2v) is 6.11. The Bertz CT molecular complexity index is 400. The average Bonchev–Trinajstić information content (AvgIpc) is 2.46. The summed E-state index contributed by atoms with van der Waals surface area (Å²) in [5, 5.41) is 13.3. The second kappa shape index (κ2) is 7.65. The lowest BCUT2D eigenvalue weighted by Gasteiger charge is -2.30. The number of rotatable bonds is 6. The molecule has 112 valence electrons. The Balaban J connectivity index is 1.65. The highest BCUT2D eigenvalue weighted by Gasteiger charge is 2.15. The maximum absolute atomic E-state index is 9.82. The summed E-state index contributed by atoms with van der Waals surface area (Å²) in [5.41, 5.74) is 0.985. The van der Waals surface area contributed by atoms with E-state index < -0.39 is 0 Å². The first kappa shape index (κ1) is 15.3. The Labute approximate surface area is 123 Å². The Kier molecular flexibility index (Phi) is 5.86. The lowest BCUT2D eigenvalue weighted by molar-refractivity contribution is 0.190. The van der Waals surface area contributed by atoms with Crippen molar-refractivity contribution in [1.82, 2.24) is 10.2 Å². The van der Waals surface area contributed by atoms with Crippen LogP contribution in [0.4, 0.5) is 0 Å². The van der Waals surface area contributed by atoms with Crippen molar-refractivity contribution in [3.05, 3.63) is 29.8 Å². The Hall–Kier alpha value is -1.06. The monoisotopic (exact) mass is 276 g/mol. The van der Waals surface area contributed by atoms with Crippen LogP contribution >= 0.6 is 0 Å². The van der Waals surface area contributed by atoms with Gasteiger partial charge in [-0.15, -0.1) is 0 Å². The van der Waals surface area contributed by atoms with Gasteiger partial charge in [0.15, 0.2) is 0 Å². The topological polar surface area (TPSA) is 35.5 Å². The molecule has 1 aliphatic heterocycles. The van der Waals surface area contributed by atoms with Gasteiger partial charge in [-0.3, -0.25) is 0 Å². The largest absolute Gasteiger partial charge is 0.508 e. The number of phenols is 1. The van der Waals surface area contributed by atoms with Gasteiger partial charge in [0.2, 0.25) is 0 Å².